The molecular formula is C22H26N2O3. The van der Waals surface area contributed by atoms with E-state index in [2.05, 4.69) is 17.4 Å². The zero-order valence-electron chi connectivity index (χ0n) is 15.9. The van der Waals surface area contributed by atoms with Crippen molar-refractivity contribution in [2.24, 2.45) is 5.92 Å². The minimum absolute atomic E-state index is 0.0550. The third-order valence-corrected chi connectivity index (χ3v) is 4.93. The predicted octanol–water partition coefficient (Wildman–Crippen LogP) is 3.42. The first-order chi connectivity index (χ1) is 13.1. The van der Waals surface area contributed by atoms with Crippen LogP contribution in [0, 0.1) is 12.8 Å². The summed E-state index contributed by atoms with van der Waals surface area (Å²) in [5.41, 5.74) is 2.96. The van der Waals surface area contributed by atoms with Gasteiger partial charge < -0.3 is 15.0 Å². The summed E-state index contributed by atoms with van der Waals surface area (Å²) in [6.45, 7) is 3.13. The minimum Gasteiger partial charge on any atom is -0.495 e. The number of ether oxygens (including phenoxy) is 1. The summed E-state index contributed by atoms with van der Waals surface area (Å²) in [4.78, 5) is 26.7. The summed E-state index contributed by atoms with van der Waals surface area (Å²) in [5.74, 6) is 0.231. The average molecular weight is 366 g/mol. The molecule has 0 radical (unpaired) electrons. The molecule has 0 bridgehead atoms. The predicted molar refractivity (Wildman–Crippen MR) is 106 cm³/mol. The van der Waals surface area contributed by atoms with Crippen molar-refractivity contribution in [3.8, 4) is 5.75 Å². The van der Waals surface area contributed by atoms with Crippen molar-refractivity contribution in [3.63, 3.8) is 0 Å². The molecule has 1 aliphatic heterocycles. The van der Waals surface area contributed by atoms with E-state index in [0.717, 1.165) is 18.4 Å². The smallest absolute Gasteiger partial charge is 0.229 e. The van der Waals surface area contributed by atoms with Gasteiger partial charge in [0.25, 0.3) is 0 Å². The molecule has 3 rings (SSSR count). The van der Waals surface area contributed by atoms with Gasteiger partial charge in [-0.1, -0.05) is 36.4 Å². The highest BCUT2D eigenvalue weighted by atomic mass is 16.5. The highest BCUT2D eigenvalue weighted by Gasteiger charge is 2.34. The Bertz CT molecular complexity index is 804. The van der Waals surface area contributed by atoms with Crippen LogP contribution in [0.15, 0.2) is 48.5 Å². The van der Waals surface area contributed by atoms with Crippen LogP contribution in [-0.2, 0) is 16.0 Å². The summed E-state index contributed by atoms with van der Waals surface area (Å²) in [6.07, 6.45) is 2.10. The molecule has 0 saturated carbocycles. The number of rotatable bonds is 7. The van der Waals surface area contributed by atoms with Crippen molar-refractivity contribution in [2.45, 2.75) is 26.2 Å². The molecule has 27 heavy (non-hydrogen) atoms. The number of nitrogens with zero attached hydrogens (tertiary/aromatic N) is 1. The van der Waals surface area contributed by atoms with Gasteiger partial charge in [-0.15, -0.1) is 0 Å². The molecule has 1 unspecified atom stereocenters. The van der Waals surface area contributed by atoms with Gasteiger partial charge in [-0.05, 0) is 43.0 Å². The Morgan fingerprint density at radius 3 is 2.74 bits per heavy atom. The van der Waals surface area contributed by atoms with Gasteiger partial charge in [-0.2, -0.15) is 0 Å². The van der Waals surface area contributed by atoms with Gasteiger partial charge in [-0.25, -0.2) is 0 Å². The topological polar surface area (TPSA) is 58.6 Å². The summed E-state index contributed by atoms with van der Waals surface area (Å²) < 4.78 is 5.31. The summed E-state index contributed by atoms with van der Waals surface area (Å²) in [6, 6.07) is 15.9. The zero-order chi connectivity index (χ0) is 19.2. The van der Waals surface area contributed by atoms with E-state index in [9.17, 15) is 9.59 Å². The number of methoxy groups -OCH3 is 1. The van der Waals surface area contributed by atoms with Crippen molar-refractivity contribution in [1.82, 2.24) is 4.90 Å². The molecule has 2 amide bonds. The second-order valence-electron chi connectivity index (χ2n) is 7.02. The van der Waals surface area contributed by atoms with Crippen LogP contribution in [0.4, 0.5) is 5.69 Å². The van der Waals surface area contributed by atoms with Crippen LogP contribution in [0.2, 0.25) is 0 Å². The van der Waals surface area contributed by atoms with Gasteiger partial charge >= 0.3 is 0 Å². The molecule has 1 fully saturated rings. The van der Waals surface area contributed by atoms with E-state index < -0.39 is 0 Å². The number of amides is 2. The average Bonchev–Trinajstić information content (AvgIpc) is 3.04. The van der Waals surface area contributed by atoms with Gasteiger partial charge in [0, 0.05) is 19.5 Å². The standard InChI is InChI=1S/C22H26N2O3/c1-16-10-11-20(27-2)19(13-16)23-22(26)18-14-21(25)24(15-18)12-6-9-17-7-4-3-5-8-17/h3-5,7-8,10-11,13,18H,6,9,12,14-15H2,1-2H3,(H,23,26). The molecule has 5 heteroatoms. The maximum atomic E-state index is 12.6. The van der Waals surface area contributed by atoms with Crippen LogP contribution in [0.25, 0.3) is 0 Å². The number of anilines is 1. The van der Waals surface area contributed by atoms with Crippen molar-refractivity contribution < 1.29 is 14.3 Å². The lowest BCUT2D eigenvalue weighted by molar-refractivity contribution is -0.128. The van der Waals surface area contributed by atoms with E-state index in [1.54, 1.807) is 12.0 Å². The molecule has 0 spiro atoms. The number of nitrogens with one attached hydrogen (secondary N) is 1. The minimum atomic E-state index is -0.320. The number of carbonyl (C=O) groups is 2. The lowest BCUT2D eigenvalue weighted by atomic mass is 10.1. The van der Waals surface area contributed by atoms with E-state index in [1.165, 1.54) is 5.56 Å². The number of benzene rings is 2. The van der Waals surface area contributed by atoms with E-state index in [1.807, 2.05) is 43.3 Å². The molecule has 1 aliphatic rings. The number of likely N-dealkylation sites (tertiary alicyclic amines) is 1. The van der Waals surface area contributed by atoms with Crippen molar-refractivity contribution in [2.75, 3.05) is 25.5 Å². The summed E-state index contributed by atoms with van der Waals surface area (Å²) >= 11 is 0. The maximum Gasteiger partial charge on any atom is 0.229 e. The Morgan fingerprint density at radius 2 is 2.00 bits per heavy atom. The normalized spacial score (nSPS) is 16.4. The number of hydrogen-bond acceptors (Lipinski definition) is 3. The van der Waals surface area contributed by atoms with Gasteiger partial charge in [0.15, 0.2) is 0 Å². The third kappa shape index (κ3) is 4.88. The van der Waals surface area contributed by atoms with Crippen molar-refractivity contribution in [3.05, 3.63) is 59.7 Å². The monoisotopic (exact) mass is 366 g/mol. The van der Waals surface area contributed by atoms with Crippen molar-refractivity contribution >= 4 is 17.5 Å². The number of aryl methyl sites for hydroxylation is 2. The van der Waals surface area contributed by atoms with Crippen LogP contribution in [0.3, 0.4) is 0 Å². The number of hydrogen-bond donors (Lipinski definition) is 1. The lowest BCUT2D eigenvalue weighted by Gasteiger charge is -2.17. The molecule has 2 aromatic carbocycles. The molecule has 5 nitrogen and oxygen atoms in total. The van der Waals surface area contributed by atoms with E-state index in [0.29, 0.717) is 24.5 Å². The first-order valence-electron chi connectivity index (χ1n) is 9.34. The fourth-order valence-electron chi connectivity index (χ4n) is 3.44. The first-order valence-corrected chi connectivity index (χ1v) is 9.34. The SMILES string of the molecule is COc1ccc(C)cc1NC(=O)C1CC(=O)N(CCCc2ccccc2)C1. The molecule has 1 heterocycles. The second-order valence-corrected chi connectivity index (χ2v) is 7.02. The van der Waals surface area contributed by atoms with Gasteiger partial charge in [-0.3, -0.25) is 9.59 Å². The van der Waals surface area contributed by atoms with Gasteiger partial charge in [0.05, 0.1) is 18.7 Å². The second kappa shape index (κ2) is 8.71. The summed E-state index contributed by atoms with van der Waals surface area (Å²) in [7, 11) is 1.58. The Kier molecular flexibility index (Phi) is 6.12. The molecule has 0 aromatic heterocycles. The van der Waals surface area contributed by atoms with E-state index in [-0.39, 0.29) is 24.2 Å². The largest absolute Gasteiger partial charge is 0.495 e. The summed E-state index contributed by atoms with van der Waals surface area (Å²) in [5, 5.41) is 2.92. The molecule has 2 aromatic rings. The van der Waals surface area contributed by atoms with Crippen LogP contribution < -0.4 is 10.1 Å². The van der Waals surface area contributed by atoms with Crippen LogP contribution in [0.1, 0.15) is 24.0 Å². The highest BCUT2D eigenvalue weighted by Crippen LogP contribution is 2.27. The lowest BCUT2D eigenvalue weighted by Crippen LogP contribution is -2.29. The first kappa shape index (κ1) is 19.0. The Balaban J connectivity index is 1.53. The van der Waals surface area contributed by atoms with E-state index in [4.69, 9.17) is 4.74 Å². The molecule has 0 aliphatic carbocycles. The van der Waals surface area contributed by atoms with E-state index >= 15 is 0 Å². The van der Waals surface area contributed by atoms with Crippen molar-refractivity contribution in [1.29, 1.82) is 0 Å². The molecule has 1 atom stereocenters. The van der Waals surface area contributed by atoms with Crippen LogP contribution in [-0.4, -0.2) is 36.9 Å². The number of carbonyl (C=O) groups excluding carboxylic acids is 2. The van der Waals surface area contributed by atoms with Gasteiger partial charge in [0.2, 0.25) is 11.8 Å². The Hall–Kier alpha value is -2.82. The molecular weight excluding hydrogens is 340 g/mol. The highest BCUT2D eigenvalue weighted by molar-refractivity contribution is 5.98. The Morgan fingerprint density at radius 1 is 1.22 bits per heavy atom. The quantitative estimate of drug-likeness (QED) is 0.817. The fraction of sp³-hybridized carbons (Fsp3) is 0.364. The fourth-order valence-corrected chi connectivity index (χ4v) is 3.44. The Labute approximate surface area is 160 Å². The molecule has 1 saturated heterocycles. The van der Waals surface area contributed by atoms with Crippen LogP contribution in [0.5, 0.6) is 5.75 Å². The molecule has 1 N–H and O–H groups in total. The zero-order valence-corrected chi connectivity index (χ0v) is 15.9. The van der Waals surface area contributed by atoms with Crippen LogP contribution >= 0.6 is 0 Å². The maximum absolute atomic E-state index is 12.6. The van der Waals surface area contributed by atoms with Gasteiger partial charge in [0.1, 0.15) is 5.75 Å². The molecule has 142 valence electrons. The third-order valence-electron chi connectivity index (χ3n) is 4.93.